The number of carbonyl (C=O) groups excluding carboxylic acids is 1. The third-order valence-electron chi connectivity index (χ3n) is 6.03. The number of benzene rings is 2. The Morgan fingerprint density at radius 2 is 1.97 bits per heavy atom. The van der Waals surface area contributed by atoms with Gasteiger partial charge in [0, 0.05) is 42.1 Å². The first-order valence-electron chi connectivity index (χ1n) is 11.0. The minimum absolute atomic E-state index is 0.151. The molecule has 1 aliphatic rings. The first-order valence-corrected chi connectivity index (χ1v) is 13.4. The molecule has 7 nitrogen and oxygen atoms in total. The number of halogens is 2. The molecule has 10 heteroatoms. The average molecular weight is 521 g/mol. The normalized spacial score (nSPS) is 17.0. The summed E-state index contributed by atoms with van der Waals surface area (Å²) in [4.78, 5) is 17.2. The molecular formula is C24H26Cl2N4O3S. The second-order valence-corrected chi connectivity index (χ2v) is 11.2. The summed E-state index contributed by atoms with van der Waals surface area (Å²) in [6, 6.07) is 12.6. The van der Waals surface area contributed by atoms with E-state index < -0.39 is 15.9 Å². The van der Waals surface area contributed by atoms with Crippen LogP contribution in [0.2, 0.25) is 10.0 Å². The molecule has 0 radical (unpaired) electrons. The van der Waals surface area contributed by atoms with E-state index in [-0.39, 0.29) is 18.2 Å². The maximum absolute atomic E-state index is 13.0. The number of sulfonamides is 1. The smallest absolute Gasteiger partial charge is 0.224 e. The predicted molar refractivity (Wildman–Crippen MR) is 134 cm³/mol. The summed E-state index contributed by atoms with van der Waals surface area (Å²) in [6.07, 6.45) is 4.88. The number of rotatable bonds is 7. The molecule has 1 amide bonds. The number of imidazole rings is 1. The van der Waals surface area contributed by atoms with Gasteiger partial charge in [-0.15, -0.1) is 0 Å². The molecule has 2 aromatic carbocycles. The van der Waals surface area contributed by atoms with E-state index in [0.717, 1.165) is 17.1 Å². The summed E-state index contributed by atoms with van der Waals surface area (Å²) in [7, 11) is -3.63. The van der Waals surface area contributed by atoms with E-state index in [1.807, 2.05) is 42.0 Å². The summed E-state index contributed by atoms with van der Waals surface area (Å²) < 4.78 is 29.5. The lowest BCUT2D eigenvalue weighted by atomic mass is 9.98. The first kappa shape index (κ1) is 24.7. The van der Waals surface area contributed by atoms with Crippen molar-refractivity contribution in [1.82, 2.24) is 19.2 Å². The molecule has 1 atom stereocenters. The monoisotopic (exact) mass is 520 g/mol. The summed E-state index contributed by atoms with van der Waals surface area (Å²) >= 11 is 12.1. The summed E-state index contributed by atoms with van der Waals surface area (Å²) in [5.74, 6) is 0.0650. The van der Waals surface area contributed by atoms with Crippen LogP contribution in [-0.4, -0.2) is 41.3 Å². The Labute approximate surface area is 209 Å². The Hall–Kier alpha value is -2.39. The fraction of sp³-hybridized carbons (Fsp3) is 0.333. The van der Waals surface area contributed by atoms with Gasteiger partial charge in [0.25, 0.3) is 0 Å². The van der Waals surface area contributed by atoms with E-state index in [1.54, 1.807) is 18.3 Å². The summed E-state index contributed by atoms with van der Waals surface area (Å²) in [5, 5.41) is 3.76. The fourth-order valence-electron chi connectivity index (χ4n) is 4.19. The largest absolute Gasteiger partial charge is 0.352 e. The van der Waals surface area contributed by atoms with Crippen LogP contribution >= 0.6 is 23.2 Å². The highest BCUT2D eigenvalue weighted by Gasteiger charge is 2.32. The van der Waals surface area contributed by atoms with Crippen molar-refractivity contribution >= 4 is 39.1 Å². The van der Waals surface area contributed by atoms with Crippen molar-refractivity contribution in [2.45, 2.75) is 32.1 Å². The van der Waals surface area contributed by atoms with Gasteiger partial charge in [-0.3, -0.25) is 4.79 Å². The number of piperidine rings is 1. The lowest BCUT2D eigenvalue weighted by Crippen LogP contribution is -2.45. The zero-order chi connectivity index (χ0) is 24.3. The van der Waals surface area contributed by atoms with Crippen LogP contribution in [0.15, 0.2) is 54.9 Å². The molecule has 180 valence electrons. The van der Waals surface area contributed by atoms with Crippen LogP contribution in [0.1, 0.15) is 29.8 Å². The van der Waals surface area contributed by atoms with Crippen molar-refractivity contribution in [1.29, 1.82) is 0 Å². The number of hydrogen-bond donors (Lipinski definition) is 1. The molecule has 0 spiro atoms. The topological polar surface area (TPSA) is 84.3 Å². The van der Waals surface area contributed by atoms with E-state index in [2.05, 4.69) is 10.3 Å². The molecule has 1 fully saturated rings. The van der Waals surface area contributed by atoms with Gasteiger partial charge in [-0.1, -0.05) is 47.5 Å². The molecular weight excluding hydrogens is 495 g/mol. The molecule has 3 aromatic rings. The van der Waals surface area contributed by atoms with Crippen molar-refractivity contribution in [3.63, 3.8) is 0 Å². The van der Waals surface area contributed by atoms with Gasteiger partial charge in [-0.25, -0.2) is 17.7 Å². The number of amides is 1. The third kappa shape index (κ3) is 5.63. The van der Waals surface area contributed by atoms with Crippen molar-refractivity contribution in [3.05, 3.63) is 81.9 Å². The van der Waals surface area contributed by atoms with Gasteiger partial charge in [0.05, 0.1) is 17.4 Å². The van der Waals surface area contributed by atoms with Crippen LogP contribution < -0.4 is 5.32 Å². The van der Waals surface area contributed by atoms with Crippen molar-refractivity contribution in [3.8, 4) is 5.69 Å². The van der Waals surface area contributed by atoms with E-state index in [1.165, 1.54) is 10.4 Å². The average Bonchev–Trinajstić information content (AvgIpc) is 3.25. The van der Waals surface area contributed by atoms with Gasteiger partial charge in [0.15, 0.2) is 0 Å². The highest BCUT2D eigenvalue weighted by Crippen LogP contribution is 2.26. The maximum Gasteiger partial charge on any atom is 0.224 e. The third-order valence-corrected chi connectivity index (χ3v) is 8.41. The van der Waals surface area contributed by atoms with Gasteiger partial charge in [0.2, 0.25) is 15.9 Å². The van der Waals surface area contributed by atoms with Gasteiger partial charge in [0.1, 0.15) is 5.82 Å². The van der Waals surface area contributed by atoms with Crippen molar-refractivity contribution < 1.29 is 13.2 Å². The molecule has 0 bridgehead atoms. The SMILES string of the molecule is Cc1nccn1-c1ccccc1CNC(=O)[C@@H]1CCCN(S(=O)(=O)Cc2ccc(Cl)cc2Cl)C1. The number of aromatic nitrogens is 2. The van der Waals surface area contributed by atoms with Gasteiger partial charge < -0.3 is 9.88 Å². The molecule has 1 N–H and O–H groups in total. The fourth-order valence-corrected chi connectivity index (χ4v) is 6.39. The number of nitrogens with one attached hydrogen (secondary N) is 1. The van der Waals surface area contributed by atoms with Crippen molar-refractivity contribution in [2.24, 2.45) is 5.92 Å². The first-order chi connectivity index (χ1) is 16.2. The van der Waals surface area contributed by atoms with Crippen LogP contribution in [-0.2, 0) is 27.1 Å². The maximum atomic E-state index is 13.0. The van der Waals surface area contributed by atoms with E-state index >= 15 is 0 Å². The summed E-state index contributed by atoms with van der Waals surface area (Å²) in [5.41, 5.74) is 2.39. The second-order valence-electron chi connectivity index (χ2n) is 8.38. The minimum atomic E-state index is -3.63. The van der Waals surface area contributed by atoms with Crippen LogP contribution in [0.4, 0.5) is 0 Å². The standard InChI is InChI=1S/C24H26Cl2N4O3S/c1-17-27-10-12-30(17)23-7-3-2-5-18(23)14-28-24(31)19-6-4-11-29(15-19)34(32,33)16-20-8-9-21(25)13-22(20)26/h2-3,5,7-10,12-13,19H,4,6,11,14-16H2,1H3,(H,28,31)/t19-/m1/s1. The highest BCUT2D eigenvalue weighted by atomic mass is 35.5. The second kappa shape index (κ2) is 10.5. The highest BCUT2D eigenvalue weighted by molar-refractivity contribution is 7.88. The van der Waals surface area contributed by atoms with Gasteiger partial charge >= 0.3 is 0 Å². The molecule has 0 aliphatic carbocycles. The molecule has 1 aliphatic heterocycles. The molecule has 34 heavy (non-hydrogen) atoms. The number of nitrogens with zero attached hydrogens (tertiary/aromatic N) is 3. The Bertz CT molecular complexity index is 1290. The molecule has 0 unspecified atom stereocenters. The summed E-state index contributed by atoms with van der Waals surface area (Å²) in [6.45, 7) is 2.81. The molecule has 1 aromatic heterocycles. The number of aryl methyl sites for hydroxylation is 1. The zero-order valence-electron chi connectivity index (χ0n) is 18.7. The van der Waals surface area contributed by atoms with Gasteiger partial charge in [-0.2, -0.15) is 0 Å². The van der Waals surface area contributed by atoms with Crippen LogP contribution in [0.25, 0.3) is 5.69 Å². The van der Waals surface area contributed by atoms with E-state index in [9.17, 15) is 13.2 Å². The van der Waals surface area contributed by atoms with Crippen molar-refractivity contribution in [2.75, 3.05) is 13.1 Å². The lowest BCUT2D eigenvalue weighted by Gasteiger charge is -2.31. The number of carbonyl (C=O) groups is 1. The Morgan fingerprint density at radius 3 is 2.71 bits per heavy atom. The zero-order valence-corrected chi connectivity index (χ0v) is 21.1. The van der Waals surface area contributed by atoms with E-state index in [0.29, 0.717) is 41.5 Å². The number of para-hydroxylation sites is 1. The van der Waals surface area contributed by atoms with Crippen LogP contribution in [0.5, 0.6) is 0 Å². The lowest BCUT2D eigenvalue weighted by molar-refractivity contribution is -0.126. The molecule has 0 saturated carbocycles. The van der Waals surface area contributed by atoms with E-state index in [4.69, 9.17) is 23.2 Å². The Balaban J connectivity index is 1.41. The van der Waals surface area contributed by atoms with Gasteiger partial charge in [-0.05, 0) is 49.1 Å². The number of hydrogen-bond acceptors (Lipinski definition) is 4. The quantitative estimate of drug-likeness (QED) is 0.501. The minimum Gasteiger partial charge on any atom is -0.352 e. The van der Waals surface area contributed by atoms with Crippen LogP contribution in [0, 0.1) is 12.8 Å². The molecule has 1 saturated heterocycles. The van der Waals surface area contributed by atoms with Crippen LogP contribution in [0.3, 0.4) is 0 Å². The molecule has 4 rings (SSSR count). The predicted octanol–water partition coefficient (Wildman–Crippen LogP) is 4.35. The Kier molecular flexibility index (Phi) is 7.62. The Morgan fingerprint density at radius 1 is 1.18 bits per heavy atom. The molecule has 2 heterocycles.